The van der Waals surface area contributed by atoms with E-state index in [2.05, 4.69) is 10.1 Å². The lowest BCUT2D eigenvalue weighted by Crippen LogP contribution is -2.27. The molecule has 12 heteroatoms. The number of carbonyl (C=O) groups is 2. The van der Waals surface area contributed by atoms with Crippen LogP contribution in [0.3, 0.4) is 0 Å². The summed E-state index contributed by atoms with van der Waals surface area (Å²) in [7, 11) is 0. The minimum atomic E-state index is -1.12. The van der Waals surface area contributed by atoms with E-state index in [1.165, 1.54) is 0 Å². The molecule has 2 aromatic rings. The van der Waals surface area contributed by atoms with E-state index in [9.17, 15) is 29.3 Å². The SMILES string of the molecule is N#Cc1cc([N+](=O)[O-])ccc1NC(=O)COC(=O)c1cc(=O)[nH]c(=O)[nH]1. The maximum atomic E-state index is 11.8. The lowest BCUT2D eigenvalue weighted by molar-refractivity contribution is -0.384. The lowest BCUT2D eigenvalue weighted by Gasteiger charge is -2.07. The molecule has 0 atom stereocenters. The van der Waals surface area contributed by atoms with Crippen LogP contribution in [0, 0.1) is 21.4 Å². The van der Waals surface area contributed by atoms with Gasteiger partial charge in [-0.05, 0) is 6.07 Å². The van der Waals surface area contributed by atoms with E-state index in [0.29, 0.717) is 0 Å². The number of hydrogen-bond acceptors (Lipinski definition) is 8. The van der Waals surface area contributed by atoms with E-state index in [0.717, 1.165) is 24.3 Å². The van der Waals surface area contributed by atoms with Gasteiger partial charge in [-0.15, -0.1) is 0 Å². The number of H-pyrrole nitrogens is 2. The van der Waals surface area contributed by atoms with Gasteiger partial charge in [-0.3, -0.25) is 24.7 Å². The lowest BCUT2D eigenvalue weighted by atomic mass is 10.1. The smallest absolute Gasteiger partial charge is 0.355 e. The van der Waals surface area contributed by atoms with Gasteiger partial charge in [-0.25, -0.2) is 9.59 Å². The van der Waals surface area contributed by atoms with Crippen LogP contribution in [0.5, 0.6) is 0 Å². The molecule has 0 unspecified atom stereocenters. The molecule has 132 valence electrons. The second kappa shape index (κ2) is 7.53. The highest BCUT2D eigenvalue weighted by molar-refractivity contribution is 5.95. The first-order valence-corrected chi connectivity index (χ1v) is 6.79. The number of esters is 1. The van der Waals surface area contributed by atoms with Gasteiger partial charge >= 0.3 is 11.7 Å². The third kappa shape index (κ3) is 4.38. The summed E-state index contributed by atoms with van der Waals surface area (Å²) in [5, 5.41) is 21.9. The number of aromatic amines is 2. The number of nitrogens with zero attached hydrogens (tertiary/aromatic N) is 2. The number of rotatable bonds is 5. The Bertz CT molecular complexity index is 1020. The summed E-state index contributed by atoms with van der Waals surface area (Å²) in [6.07, 6.45) is 0. The summed E-state index contributed by atoms with van der Waals surface area (Å²) < 4.78 is 4.64. The Labute approximate surface area is 143 Å². The third-order valence-electron chi connectivity index (χ3n) is 2.92. The number of nitrogens with one attached hydrogen (secondary N) is 3. The maximum absolute atomic E-state index is 11.8. The van der Waals surface area contributed by atoms with Crippen molar-refractivity contribution in [2.75, 3.05) is 11.9 Å². The number of anilines is 1. The Balaban J connectivity index is 2.04. The zero-order valence-electron chi connectivity index (χ0n) is 12.8. The fourth-order valence-electron chi connectivity index (χ4n) is 1.82. The number of amides is 1. The second-order valence-electron chi connectivity index (χ2n) is 4.72. The molecule has 0 spiro atoms. The summed E-state index contributed by atoms with van der Waals surface area (Å²) in [5.74, 6) is -1.96. The molecule has 2 rings (SSSR count). The van der Waals surface area contributed by atoms with Crippen molar-refractivity contribution in [1.29, 1.82) is 5.26 Å². The summed E-state index contributed by atoms with van der Waals surface area (Å²) in [4.78, 5) is 59.5. The van der Waals surface area contributed by atoms with Gasteiger partial charge < -0.3 is 15.0 Å². The van der Waals surface area contributed by atoms with Gasteiger partial charge in [-0.1, -0.05) is 0 Å². The first-order valence-electron chi connectivity index (χ1n) is 6.79. The fraction of sp³-hybridized carbons (Fsp3) is 0.0714. The molecule has 0 fully saturated rings. The minimum absolute atomic E-state index is 0.0105. The molecular weight excluding hydrogens is 350 g/mol. The highest BCUT2D eigenvalue weighted by Gasteiger charge is 2.15. The van der Waals surface area contributed by atoms with Gasteiger partial charge in [0.2, 0.25) is 0 Å². The molecule has 12 nitrogen and oxygen atoms in total. The highest BCUT2D eigenvalue weighted by Crippen LogP contribution is 2.21. The summed E-state index contributed by atoms with van der Waals surface area (Å²) in [6, 6.07) is 5.70. The molecule has 0 saturated heterocycles. The van der Waals surface area contributed by atoms with Gasteiger partial charge in [0.15, 0.2) is 6.61 Å². The van der Waals surface area contributed by atoms with Crippen LogP contribution >= 0.6 is 0 Å². The molecule has 0 aliphatic rings. The molecule has 1 aromatic heterocycles. The predicted molar refractivity (Wildman–Crippen MR) is 84.4 cm³/mol. The van der Waals surface area contributed by atoms with Gasteiger partial charge in [-0.2, -0.15) is 5.26 Å². The van der Waals surface area contributed by atoms with Crippen LogP contribution < -0.4 is 16.6 Å². The van der Waals surface area contributed by atoms with Gasteiger partial charge in [0.1, 0.15) is 11.8 Å². The van der Waals surface area contributed by atoms with Crippen LogP contribution in [0.25, 0.3) is 0 Å². The van der Waals surface area contributed by atoms with Crippen molar-refractivity contribution >= 4 is 23.3 Å². The Morgan fingerprint density at radius 3 is 2.62 bits per heavy atom. The van der Waals surface area contributed by atoms with Crippen LogP contribution in [-0.4, -0.2) is 33.4 Å². The largest absolute Gasteiger partial charge is 0.451 e. The molecule has 1 heterocycles. The fourth-order valence-corrected chi connectivity index (χ4v) is 1.82. The summed E-state index contributed by atoms with van der Waals surface area (Å²) in [5.41, 5.74) is -2.68. The van der Waals surface area contributed by atoms with E-state index >= 15 is 0 Å². The van der Waals surface area contributed by atoms with Gasteiger partial charge in [0, 0.05) is 18.2 Å². The number of hydrogen-bond donors (Lipinski definition) is 3. The number of nitro groups is 1. The number of aromatic nitrogens is 2. The predicted octanol–water partition coefficient (Wildman–Crippen LogP) is -0.361. The van der Waals surface area contributed by atoms with E-state index < -0.39 is 40.3 Å². The van der Waals surface area contributed by atoms with Crippen molar-refractivity contribution in [1.82, 2.24) is 9.97 Å². The standard InChI is InChI=1S/C14H9N5O7/c15-5-7-3-8(19(24)25)1-2-9(7)16-12(21)6-26-13(22)10-4-11(20)18-14(23)17-10/h1-4H,6H2,(H,16,21)(H2,17,18,20,23). The van der Waals surface area contributed by atoms with E-state index in [-0.39, 0.29) is 16.9 Å². The molecule has 0 aliphatic carbocycles. The average molecular weight is 359 g/mol. The Kier molecular flexibility index (Phi) is 5.24. The topological polar surface area (TPSA) is 188 Å². The van der Waals surface area contributed by atoms with E-state index in [4.69, 9.17) is 5.26 Å². The maximum Gasteiger partial charge on any atom is 0.355 e. The minimum Gasteiger partial charge on any atom is -0.451 e. The normalized spacial score (nSPS) is 9.81. The van der Waals surface area contributed by atoms with Crippen LogP contribution in [0.4, 0.5) is 11.4 Å². The first kappa shape index (κ1) is 18.1. The van der Waals surface area contributed by atoms with Crippen molar-refractivity contribution in [3.05, 3.63) is 66.5 Å². The van der Waals surface area contributed by atoms with E-state index in [1.807, 2.05) is 9.97 Å². The Morgan fingerprint density at radius 2 is 2.00 bits per heavy atom. The average Bonchev–Trinajstić information content (AvgIpc) is 2.58. The number of nitro benzene ring substituents is 1. The molecule has 0 saturated carbocycles. The van der Waals surface area contributed by atoms with Crippen molar-refractivity contribution in [3.63, 3.8) is 0 Å². The number of carbonyl (C=O) groups excluding carboxylic acids is 2. The molecule has 0 bridgehead atoms. The number of non-ortho nitro benzene ring substituents is 1. The Hall–Kier alpha value is -4.27. The quantitative estimate of drug-likeness (QED) is 0.366. The number of nitriles is 1. The van der Waals surface area contributed by atoms with E-state index in [1.54, 1.807) is 6.07 Å². The zero-order valence-corrected chi connectivity index (χ0v) is 12.8. The summed E-state index contributed by atoms with van der Waals surface area (Å²) >= 11 is 0. The molecule has 3 N–H and O–H groups in total. The molecule has 0 aliphatic heterocycles. The molecule has 26 heavy (non-hydrogen) atoms. The van der Waals surface area contributed by atoms with Crippen LogP contribution in [0.2, 0.25) is 0 Å². The van der Waals surface area contributed by atoms with Crippen molar-refractivity contribution in [2.45, 2.75) is 0 Å². The number of benzene rings is 1. The molecule has 1 aromatic carbocycles. The second-order valence-corrected chi connectivity index (χ2v) is 4.72. The highest BCUT2D eigenvalue weighted by atomic mass is 16.6. The summed E-state index contributed by atoms with van der Waals surface area (Å²) in [6.45, 7) is -0.782. The zero-order chi connectivity index (χ0) is 19.3. The molecule has 0 radical (unpaired) electrons. The van der Waals surface area contributed by atoms with Crippen molar-refractivity contribution in [3.8, 4) is 6.07 Å². The van der Waals surface area contributed by atoms with Crippen LogP contribution in [0.15, 0.2) is 33.9 Å². The third-order valence-corrected chi connectivity index (χ3v) is 2.92. The number of ether oxygens (including phenoxy) is 1. The first-order chi connectivity index (χ1) is 12.3. The van der Waals surface area contributed by atoms with Crippen molar-refractivity contribution in [2.24, 2.45) is 0 Å². The van der Waals surface area contributed by atoms with Gasteiger partial charge in [0.25, 0.3) is 17.2 Å². The van der Waals surface area contributed by atoms with Crippen LogP contribution in [-0.2, 0) is 9.53 Å². The monoisotopic (exact) mass is 359 g/mol. The van der Waals surface area contributed by atoms with Crippen molar-refractivity contribution < 1.29 is 19.2 Å². The molecular formula is C14H9N5O7. The molecule has 1 amide bonds. The van der Waals surface area contributed by atoms with Crippen LogP contribution in [0.1, 0.15) is 16.1 Å². The Morgan fingerprint density at radius 1 is 1.27 bits per heavy atom. The van der Waals surface area contributed by atoms with Gasteiger partial charge in [0.05, 0.1) is 16.2 Å².